The van der Waals surface area contributed by atoms with Crippen LogP contribution in [0.25, 0.3) is 0 Å². The molecule has 0 saturated carbocycles. The number of hydrogen-bond donors (Lipinski definition) is 3. The van der Waals surface area contributed by atoms with Crippen molar-refractivity contribution in [1.82, 2.24) is 15.4 Å². The molecule has 1 aliphatic rings. The van der Waals surface area contributed by atoms with Gasteiger partial charge in [-0.1, -0.05) is 48.5 Å². The Hall–Kier alpha value is -3.61. The van der Waals surface area contributed by atoms with Gasteiger partial charge in [0.25, 0.3) is 0 Å². The number of carbonyl (C=O) groups is 1. The summed E-state index contributed by atoms with van der Waals surface area (Å²) in [6.45, 7) is 0.806. The first-order chi connectivity index (χ1) is 13.2. The lowest BCUT2D eigenvalue weighted by Crippen LogP contribution is -2.32. The Morgan fingerprint density at radius 3 is 2.70 bits per heavy atom. The second kappa shape index (κ2) is 7.33. The molecule has 0 atom stereocenters. The minimum Gasteiger partial charge on any atom is -0.393 e. The van der Waals surface area contributed by atoms with Gasteiger partial charge in [-0.25, -0.2) is 9.97 Å². The number of anilines is 4. The number of rotatable bonds is 5. The van der Waals surface area contributed by atoms with Crippen LogP contribution in [-0.2, 0) is 17.6 Å². The summed E-state index contributed by atoms with van der Waals surface area (Å²) >= 11 is 0. The van der Waals surface area contributed by atoms with E-state index in [1.165, 1.54) is 11.9 Å². The smallest absolute Gasteiger partial charge is 0.242 e. The molecule has 4 rings (SSSR count). The Labute approximate surface area is 157 Å². The Morgan fingerprint density at radius 2 is 1.85 bits per heavy atom. The van der Waals surface area contributed by atoms with Crippen molar-refractivity contribution in [2.24, 2.45) is 0 Å². The average Bonchev–Trinajstić information content (AvgIpc) is 3.12. The number of benzene rings is 2. The number of carbonyl (C=O) groups excluding carboxylic acids is 1. The van der Waals surface area contributed by atoms with Gasteiger partial charge in [0.1, 0.15) is 12.0 Å². The summed E-state index contributed by atoms with van der Waals surface area (Å²) in [5.41, 5.74) is 15.4. The van der Waals surface area contributed by atoms with E-state index in [0.717, 1.165) is 24.2 Å². The number of aromatic nitrogens is 2. The maximum atomic E-state index is 12.1. The van der Waals surface area contributed by atoms with Crippen molar-refractivity contribution in [3.8, 4) is 0 Å². The first kappa shape index (κ1) is 16.8. The van der Waals surface area contributed by atoms with Gasteiger partial charge in [0, 0.05) is 12.2 Å². The van der Waals surface area contributed by atoms with Crippen LogP contribution in [0.1, 0.15) is 11.1 Å². The van der Waals surface area contributed by atoms with Gasteiger partial charge in [-0.3, -0.25) is 15.6 Å². The number of nitrogen functional groups attached to an aromatic ring is 1. The van der Waals surface area contributed by atoms with Gasteiger partial charge in [0.2, 0.25) is 5.91 Å². The zero-order valence-electron chi connectivity index (χ0n) is 14.7. The summed E-state index contributed by atoms with van der Waals surface area (Å²) in [5, 5.41) is 0. The second-order valence-corrected chi connectivity index (χ2v) is 6.33. The van der Waals surface area contributed by atoms with Crippen molar-refractivity contribution < 1.29 is 4.79 Å². The van der Waals surface area contributed by atoms with Crippen LogP contribution in [0.2, 0.25) is 0 Å². The summed E-state index contributed by atoms with van der Waals surface area (Å²) in [5.74, 6) is 0.841. The maximum absolute atomic E-state index is 12.1. The molecule has 0 spiro atoms. The van der Waals surface area contributed by atoms with Crippen LogP contribution in [0.3, 0.4) is 0 Å². The molecule has 136 valence electrons. The summed E-state index contributed by atoms with van der Waals surface area (Å²) in [7, 11) is 0. The highest BCUT2D eigenvalue weighted by atomic mass is 16.2. The largest absolute Gasteiger partial charge is 0.393 e. The zero-order chi connectivity index (χ0) is 18.6. The third kappa shape index (κ3) is 3.52. The molecule has 2 heterocycles. The number of amides is 1. The van der Waals surface area contributed by atoms with Crippen LogP contribution in [-0.4, -0.2) is 22.4 Å². The molecule has 0 bridgehead atoms. The third-order valence-electron chi connectivity index (χ3n) is 4.53. The minimum absolute atomic E-state index is 0.174. The SMILES string of the molecule is Nc1c(NNC(=O)Cc2ccccc2)ncnc1N1CCc2ccccc21. The number of nitrogens with one attached hydrogen (secondary N) is 2. The molecular formula is C20H20N6O. The standard InChI is InChI=1S/C20H20N6O/c21-18-19(25-24-17(27)12-14-6-2-1-3-7-14)22-13-23-20(18)26-11-10-15-8-4-5-9-16(15)26/h1-9,13H,10-12,21H2,(H,24,27)(H,22,23,25). The summed E-state index contributed by atoms with van der Waals surface area (Å²) in [6, 6.07) is 17.7. The lowest BCUT2D eigenvalue weighted by atomic mass is 10.1. The van der Waals surface area contributed by atoms with E-state index < -0.39 is 0 Å². The molecule has 3 aromatic rings. The predicted molar refractivity (Wildman–Crippen MR) is 106 cm³/mol. The maximum Gasteiger partial charge on any atom is 0.242 e. The molecule has 0 aliphatic carbocycles. The molecule has 0 fully saturated rings. The fourth-order valence-electron chi connectivity index (χ4n) is 3.21. The van der Waals surface area contributed by atoms with E-state index >= 15 is 0 Å². The number of nitrogens with zero attached hydrogens (tertiary/aromatic N) is 3. The van der Waals surface area contributed by atoms with Crippen molar-refractivity contribution in [2.45, 2.75) is 12.8 Å². The Kier molecular flexibility index (Phi) is 4.57. The number of fused-ring (bicyclic) bond motifs is 1. The van der Waals surface area contributed by atoms with Crippen molar-refractivity contribution in [2.75, 3.05) is 22.6 Å². The highest BCUT2D eigenvalue weighted by molar-refractivity contribution is 5.84. The Balaban J connectivity index is 1.47. The fourth-order valence-corrected chi connectivity index (χ4v) is 3.21. The average molecular weight is 360 g/mol. The Bertz CT molecular complexity index is 960. The molecule has 4 N–H and O–H groups in total. The van der Waals surface area contributed by atoms with E-state index in [1.54, 1.807) is 0 Å². The molecule has 7 nitrogen and oxygen atoms in total. The molecule has 0 saturated heterocycles. The summed E-state index contributed by atoms with van der Waals surface area (Å²) in [4.78, 5) is 22.7. The molecule has 0 unspecified atom stereocenters. The van der Waals surface area contributed by atoms with E-state index in [0.29, 0.717) is 17.3 Å². The molecule has 7 heteroatoms. The van der Waals surface area contributed by atoms with Gasteiger partial charge in [-0.15, -0.1) is 0 Å². The second-order valence-electron chi connectivity index (χ2n) is 6.33. The van der Waals surface area contributed by atoms with Crippen molar-refractivity contribution in [3.63, 3.8) is 0 Å². The van der Waals surface area contributed by atoms with E-state index in [4.69, 9.17) is 5.73 Å². The van der Waals surface area contributed by atoms with Crippen LogP contribution in [0.4, 0.5) is 23.0 Å². The van der Waals surface area contributed by atoms with E-state index in [2.05, 4.69) is 37.9 Å². The van der Waals surface area contributed by atoms with Crippen LogP contribution in [0, 0.1) is 0 Å². The van der Waals surface area contributed by atoms with Gasteiger partial charge in [0.05, 0.1) is 6.42 Å². The predicted octanol–water partition coefficient (Wildman–Crippen LogP) is 2.44. The van der Waals surface area contributed by atoms with E-state index in [-0.39, 0.29) is 12.3 Å². The monoisotopic (exact) mass is 360 g/mol. The highest BCUT2D eigenvalue weighted by Gasteiger charge is 2.24. The summed E-state index contributed by atoms with van der Waals surface area (Å²) < 4.78 is 0. The number of para-hydroxylation sites is 1. The number of hydrogen-bond acceptors (Lipinski definition) is 6. The quantitative estimate of drug-likeness (QED) is 0.605. The molecule has 1 amide bonds. The van der Waals surface area contributed by atoms with Crippen LogP contribution < -0.4 is 21.5 Å². The normalized spacial score (nSPS) is 12.5. The van der Waals surface area contributed by atoms with Crippen molar-refractivity contribution in [1.29, 1.82) is 0 Å². The van der Waals surface area contributed by atoms with Crippen LogP contribution in [0.5, 0.6) is 0 Å². The minimum atomic E-state index is -0.174. The molecule has 0 radical (unpaired) electrons. The van der Waals surface area contributed by atoms with Crippen molar-refractivity contribution >= 4 is 28.9 Å². The third-order valence-corrected chi connectivity index (χ3v) is 4.53. The first-order valence-electron chi connectivity index (χ1n) is 8.77. The van der Waals surface area contributed by atoms with Crippen LogP contribution in [0.15, 0.2) is 60.9 Å². The fraction of sp³-hybridized carbons (Fsp3) is 0.150. The summed E-state index contributed by atoms with van der Waals surface area (Å²) in [6.07, 6.45) is 2.65. The van der Waals surface area contributed by atoms with E-state index in [9.17, 15) is 4.79 Å². The number of hydrazine groups is 1. The topological polar surface area (TPSA) is 96.2 Å². The van der Waals surface area contributed by atoms with Gasteiger partial charge in [0.15, 0.2) is 11.6 Å². The molecular weight excluding hydrogens is 340 g/mol. The molecule has 1 aromatic heterocycles. The lowest BCUT2D eigenvalue weighted by Gasteiger charge is -2.21. The van der Waals surface area contributed by atoms with Crippen molar-refractivity contribution in [3.05, 3.63) is 72.1 Å². The van der Waals surface area contributed by atoms with E-state index in [1.807, 2.05) is 42.5 Å². The van der Waals surface area contributed by atoms with Gasteiger partial charge in [-0.2, -0.15) is 0 Å². The highest BCUT2D eigenvalue weighted by Crippen LogP contribution is 2.37. The molecule has 2 aromatic carbocycles. The first-order valence-corrected chi connectivity index (χ1v) is 8.77. The molecule has 1 aliphatic heterocycles. The number of nitrogens with two attached hydrogens (primary N) is 1. The lowest BCUT2D eigenvalue weighted by molar-refractivity contribution is -0.119. The Morgan fingerprint density at radius 1 is 1.07 bits per heavy atom. The van der Waals surface area contributed by atoms with Gasteiger partial charge in [-0.05, 0) is 23.6 Å². The zero-order valence-corrected chi connectivity index (χ0v) is 14.7. The van der Waals surface area contributed by atoms with Gasteiger partial charge >= 0.3 is 0 Å². The molecule has 27 heavy (non-hydrogen) atoms. The van der Waals surface area contributed by atoms with Crippen LogP contribution >= 0.6 is 0 Å². The van der Waals surface area contributed by atoms with Gasteiger partial charge < -0.3 is 10.6 Å².